The standard InChI is InChI=1S/C19H30O2S/c1-16(10-8-14-19(2,3)21)9-7-11-17(20)15-22-18-12-5-4-6-13-18/h4-7,11-13,16-17,20-21H,8-10,14-15H2,1-3H3/b11-7+/t16-,17?/m0/s1. The first-order valence-electron chi connectivity index (χ1n) is 8.12. The van der Waals surface area contributed by atoms with Crippen LogP contribution in [0.5, 0.6) is 0 Å². The zero-order valence-electron chi connectivity index (χ0n) is 14.0. The fourth-order valence-corrected chi connectivity index (χ4v) is 3.05. The first-order valence-corrected chi connectivity index (χ1v) is 9.10. The highest BCUT2D eigenvalue weighted by molar-refractivity contribution is 7.99. The Bertz CT molecular complexity index is 423. The minimum Gasteiger partial charge on any atom is -0.390 e. The second-order valence-electron chi connectivity index (χ2n) is 6.67. The zero-order valence-corrected chi connectivity index (χ0v) is 14.9. The van der Waals surface area contributed by atoms with E-state index in [0.717, 1.165) is 25.7 Å². The molecule has 0 aliphatic heterocycles. The summed E-state index contributed by atoms with van der Waals surface area (Å²) in [4.78, 5) is 1.19. The van der Waals surface area contributed by atoms with Crippen LogP contribution in [0.2, 0.25) is 0 Å². The summed E-state index contributed by atoms with van der Waals surface area (Å²) in [5.41, 5.74) is -0.555. The van der Waals surface area contributed by atoms with E-state index >= 15 is 0 Å². The Balaban J connectivity index is 2.15. The highest BCUT2D eigenvalue weighted by Gasteiger charge is 2.12. The van der Waals surface area contributed by atoms with E-state index in [4.69, 9.17) is 0 Å². The number of rotatable bonds is 10. The van der Waals surface area contributed by atoms with E-state index in [1.54, 1.807) is 11.8 Å². The van der Waals surface area contributed by atoms with Gasteiger partial charge in [-0.25, -0.2) is 0 Å². The van der Waals surface area contributed by atoms with Gasteiger partial charge >= 0.3 is 0 Å². The maximum absolute atomic E-state index is 9.97. The summed E-state index contributed by atoms with van der Waals surface area (Å²) in [6, 6.07) is 10.1. The van der Waals surface area contributed by atoms with Crippen molar-refractivity contribution in [2.75, 3.05) is 5.75 Å². The van der Waals surface area contributed by atoms with Crippen molar-refractivity contribution in [3.63, 3.8) is 0 Å². The fourth-order valence-electron chi connectivity index (χ4n) is 2.22. The van der Waals surface area contributed by atoms with Crippen LogP contribution in [0, 0.1) is 5.92 Å². The van der Waals surface area contributed by atoms with Crippen molar-refractivity contribution in [1.82, 2.24) is 0 Å². The van der Waals surface area contributed by atoms with Crippen molar-refractivity contribution in [3.8, 4) is 0 Å². The highest BCUT2D eigenvalue weighted by atomic mass is 32.2. The molecule has 0 heterocycles. The van der Waals surface area contributed by atoms with Crippen molar-refractivity contribution in [2.45, 2.75) is 63.1 Å². The van der Waals surface area contributed by atoms with Crippen molar-refractivity contribution in [3.05, 3.63) is 42.5 Å². The van der Waals surface area contributed by atoms with E-state index in [1.807, 2.05) is 38.1 Å². The van der Waals surface area contributed by atoms with Gasteiger partial charge in [-0.15, -0.1) is 11.8 Å². The summed E-state index contributed by atoms with van der Waals surface area (Å²) in [6.07, 6.45) is 7.59. The molecule has 0 radical (unpaired) electrons. The minimum atomic E-state index is -0.555. The molecule has 0 bridgehead atoms. The molecule has 0 aliphatic carbocycles. The molecular weight excluding hydrogens is 292 g/mol. The lowest BCUT2D eigenvalue weighted by atomic mass is 9.95. The maximum Gasteiger partial charge on any atom is 0.0814 e. The summed E-state index contributed by atoms with van der Waals surface area (Å²) in [5, 5.41) is 19.6. The Morgan fingerprint density at radius 3 is 2.55 bits per heavy atom. The lowest BCUT2D eigenvalue weighted by molar-refractivity contribution is 0.0670. The van der Waals surface area contributed by atoms with Crippen LogP contribution < -0.4 is 0 Å². The number of thioether (sulfide) groups is 1. The quantitative estimate of drug-likeness (QED) is 0.486. The predicted molar refractivity (Wildman–Crippen MR) is 96.2 cm³/mol. The minimum absolute atomic E-state index is 0.395. The van der Waals surface area contributed by atoms with Gasteiger partial charge in [0.1, 0.15) is 0 Å². The Hall–Kier alpha value is -0.770. The number of hydrogen-bond donors (Lipinski definition) is 2. The van der Waals surface area contributed by atoms with Gasteiger partial charge in [0, 0.05) is 10.6 Å². The van der Waals surface area contributed by atoms with Gasteiger partial charge in [-0.1, -0.05) is 50.1 Å². The van der Waals surface area contributed by atoms with Crippen LogP contribution in [0.15, 0.2) is 47.4 Å². The van der Waals surface area contributed by atoms with Crippen LogP contribution in [-0.4, -0.2) is 27.7 Å². The Labute approximate surface area is 139 Å². The molecule has 0 spiro atoms. The first-order chi connectivity index (χ1) is 10.4. The lowest BCUT2D eigenvalue weighted by Gasteiger charge is -2.17. The normalized spacial score (nSPS) is 15.1. The van der Waals surface area contributed by atoms with Gasteiger partial charge in [-0.2, -0.15) is 0 Å². The lowest BCUT2D eigenvalue weighted by Crippen LogP contribution is -2.18. The van der Waals surface area contributed by atoms with Crippen LogP contribution in [0.1, 0.15) is 46.5 Å². The van der Waals surface area contributed by atoms with E-state index in [1.165, 1.54) is 4.90 Å². The Kier molecular flexibility index (Phi) is 8.84. The Morgan fingerprint density at radius 1 is 1.23 bits per heavy atom. The Morgan fingerprint density at radius 2 is 1.91 bits per heavy atom. The molecule has 0 aromatic heterocycles. The first kappa shape index (κ1) is 19.3. The van der Waals surface area contributed by atoms with Gasteiger partial charge in [-0.3, -0.25) is 0 Å². The van der Waals surface area contributed by atoms with Crippen LogP contribution >= 0.6 is 11.8 Å². The average molecular weight is 323 g/mol. The van der Waals surface area contributed by atoms with Crippen molar-refractivity contribution < 1.29 is 10.2 Å². The second kappa shape index (κ2) is 10.1. The molecule has 124 valence electrons. The SMILES string of the molecule is C[C@@H](C/C=C/C(O)CSc1ccccc1)CCCC(C)(C)O. The summed E-state index contributed by atoms with van der Waals surface area (Å²) in [6.45, 7) is 5.94. The topological polar surface area (TPSA) is 40.5 Å². The average Bonchev–Trinajstić information content (AvgIpc) is 2.45. The van der Waals surface area contributed by atoms with E-state index in [-0.39, 0.29) is 0 Å². The number of aliphatic hydroxyl groups is 2. The van der Waals surface area contributed by atoms with Crippen molar-refractivity contribution in [2.24, 2.45) is 5.92 Å². The molecule has 1 aromatic rings. The smallest absolute Gasteiger partial charge is 0.0814 e. The molecule has 2 nitrogen and oxygen atoms in total. The second-order valence-corrected chi connectivity index (χ2v) is 7.76. The largest absolute Gasteiger partial charge is 0.390 e. The number of aliphatic hydroxyl groups excluding tert-OH is 1. The maximum atomic E-state index is 9.97. The summed E-state index contributed by atoms with van der Waals surface area (Å²) < 4.78 is 0. The number of hydrogen-bond acceptors (Lipinski definition) is 3. The third kappa shape index (κ3) is 10.0. The monoisotopic (exact) mass is 322 g/mol. The summed E-state index contributed by atoms with van der Waals surface area (Å²) in [5.74, 6) is 1.28. The molecular formula is C19H30O2S. The molecule has 0 saturated heterocycles. The van der Waals surface area contributed by atoms with Crippen molar-refractivity contribution in [1.29, 1.82) is 0 Å². The molecule has 22 heavy (non-hydrogen) atoms. The van der Waals surface area contributed by atoms with Crippen LogP contribution in [0.3, 0.4) is 0 Å². The molecule has 3 heteroatoms. The van der Waals surface area contributed by atoms with Gasteiger partial charge in [-0.05, 0) is 44.7 Å². The zero-order chi connectivity index (χ0) is 16.4. The van der Waals surface area contributed by atoms with Gasteiger partial charge in [0.15, 0.2) is 0 Å². The number of allylic oxidation sites excluding steroid dienone is 1. The molecule has 2 atom stereocenters. The molecule has 0 saturated carbocycles. The molecule has 1 aromatic carbocycles. The number of benzene rings is 1. The van der Waals surface area contributed by atoms with E-state index < -0.39 is 11.7 Å². The summed E-state index contributed by atoms with van der Waals surface area (Å²) in [7, 11) is 0. The molecule has 0 aliphatic rings. The molecule has 2 N–H and O–H groups in total. The van der Waals surface area contributed by atoms with Gasteiger partial charge in [0.2, 0.25) is 0 Å². The molecule has 0 amide bonds. The van der Waals surface area contributed by atoms with Crippen molar-refractivity contribution >= 4 is 11.8 Å². The van der Waals surface area contributed by atoms with Gasteiger partial charge in [0.25, 0.3) is 0 Å². The fraction of sp³-hybridized carbons (Fsp3) is 0.579. The third-order valence-corrected chi connectivity index (χ3v) is 4.66. The van der Waals surface area contributed by atoms with Crippen LogP contribution in [0.25, 0.3) is 0 Å². The summed E-state index contributed by atoms with van der Waals surface area (Å²) >= 11 is 1.67. The van der Waals surface area contributed by atoms with Crippen LogP contribution in [0.4, 0.5) is 0 Å². The van der Waals surface area contributed by atoms with E-state index in [9.17, 15) is 10.2 Å². The van der Waals surface area contributed by atoms with E-state index in [0.29, 0.717) is 11.7 Å². The van der Waals surface area contributed by atoms with Crippen LogP contribution in [-0.2, 0) is 0 Å². The highest BCUT2D eigenvalue weighted by Crippen LogP contribution is 2.20. The molecule has 1 rings (SSSR count). The predicted octanol–water partition coefficient (Wildman–Crippen LogP) is 4.66. The van der Waals surface area contributed by atoms with E-state index in [2.05, 4.69) is 25.1 Å². The molecule has 1 unspecified atom stereocenters. The van der Waals surface area contributed by atoms with Gasteiger partial charge < -0.3 is 10.2 Å². The van der Waals surface area contributed by atoms with Gasteiger partial charge in [0.05, 0.1) is 11.7 Å². The molecule has 0 fully saturated rings. The third-order valence-electron chi connectivity index (χ3n) is 3.55.